The van der Waals surface area contributed by atoms with Crippen molar-refractivity contribution in [2.24, 2.45) is 0 Å². The maximum absolute atomic E-state index is 11.9. The maximum atomic E-state index is 11.9. The topological polar surface area (TPSA) is 55.1 Å². The zero-order valence-corrected chi connectivity index (χ0v) is 12.4. The lowest BCUT2D eigenvalue weighted by atomic mass is 10.2. The summed E-state index contributed by atoms with van der Waals surface area (Å²) in [5.41, 5.74) is 6.63. The Hall–Kier alpha value is -1.65. The Morgan fingerprint density at radius 1 is 1.20 bits per heavy atom. The average Bonchev–Trinajstić information content (AvgIpc) is 2.43. The SMILES string of the molecule is Nc1cc(Cl)cc(C(=O)NCCSc2ccccc2)c1. The number of thioether (sulfide) groups is 1. The van der Waals surface area contributed by atoms with Gasteiger partial charge in [0.05, 0.1) is 0 Å². The molecule has 2 aromatic rings. The molecule has 3 N–H and O–H groups in total. The minimum atomic E-state index is -0.159. The fourth-order valence-corrected chi connectivity index (χ4v) is 2.73. The largest absolute Gasteiger partial charge is 0.399 e. The van der Waals surface area contributed by atoms with Crippen molar-refractivity contribution in [3.63, 3.8) is 0 Å². The number of carbonyl (C=O) groups excluding carboxylic acids is 1. The standard InChI is InChI=1S/C15H15ClN2OS/c16-12-8-11(9-13(17)10-12)15(19)18-6-7-20-14-4-2-1-3-5-14/h1-5,8-10H,6-7,17H2,(H,18,19). The molecule has 0 bridgehead atoms. The molecule has 0 aliphatic carbocycles. The first-order valence-electron chi connectivity index (χ1n) is 6.17. The number of hydrogen-bond donors (Lipinski definition) is 2. The van der Waals surface area contributed by atoms with Gasteiger partial charge in [0.15, 0.2) is 0 Å². The summed E-state index contributed by atoms with van der Waals surface area (Å²) >= 11 is 7.57. The third-order valence-electron chi connectivity index (χ3n) is 2.58. The summed E-state index contributed by atoms with van der Waals surface area (Å²) < 4.78 is 0. The Bertz CT molecular complexity index is 569. The van der Waals surface area contributed by atoms with Crippen LogP contribution in [0.5, 0.6) is 0 Å². The second-order valence-electron chi connectivity index (χ2n) is 4.19. The van der Waals surface area contributed by atoms with Crippen LogP contribution in [-0.4, -0.2) is 18.2 Å². The number of benzene rings is 2. The Morgan fingerprint density at radius 2 is 1.95 bits per heavy atom. The fourth-order valence-electron chi connectivity index (χ4n) is 1.70. The molecule has 0 fully saturated rings. The van der Waals surface area contributed by atoms with E-state index in [2.05, 4.69) is 5.32 Å². The van der Waals surface area contributed by atoms with Gasteiger partial charge in [-0.3, -0.25) is 4.79 Å². The van der Waals surface area contributed by atoms with Gasteiger partial charge in [-0.05, 0) is 30.3 Å². The Labute approximate surface area is 127 Å². The van der Waals surface area contributed by atoms with E-state index < -0.39 is 0 Å². The summed E-state index contributed by atoms with van der Waals surface area (Å²) in [6.07, 6.45) is 0. The molecule has 2 rings (SSSR count). The molecule has 0 aliphatic heterocycles. The molecule has 0 aromatic heterocycles. The van der Waals surface area contributed by atoms with E-state index in [1.165, 1.54) is 4.90 Å². The lowest BCUT2D eigenvalue weighted by Gasteiger charge is -2.06. The Morgan fingerprint density at radius 3 is 2.65 bits per heavy atom. The van der Waals surface area contributed by atoms with Gasteiger partial charge in [-0.15, -0.1) is 11.8 Å². The second-order valence-corrected chi connectivity index (χ2v) is 5.80. The summed E-state index contributed by atoms with van der Waals surface area (Å²) in [5.74, 6) is 0.652. The van der Waals surface area contributed by atoms with E-state index in [-0.39, 0.29) is 5.91 Å². The number of anilines is 1. The number of nitrogens with two attached hydrogens (primary N) is 1. The van der Waals surface area contributed by atoms with Crippen molar-refractivity contribution in [3.8, 4) is 0 Å². The van der Waals surface area contributed by atoms with E-state index in [0.717, 1.165) is 5.75 Å². The smallest absolute Gasteiger partial charge is 0.251 e. The van der Waals surface area contributed by atoms with Crippen LogP contribution in [0.2, 0.25) is 5.02 Å². The molecule has 20 heavy (non-hydrogen) atoms. The third-order valence-corrected chi connectivity index (χ3v) is 3.81. The van der Waals surface area contributed by atoms with Gasteiger partial charge in [-0.2, -0.15) is 0 Å². The summed E-state index contributed by atoms with van der Waals surface area (Å²) in [6, 6.07) is 14.9. The Kier molecular flexibility index (Phi) is 5.32. The highest BCUT2D eigenvalue weighted by Crippen LogP contribution is 2.17. The van der Waals surface area contributed by atoms with Crippen molar-refractivity contribution < 1.29 is 4.79 Å². The molecule has 0 atom stereocenters. The summed E-state index contributed by atoms with van der Waals surface area (Å²) in [7, 11) is 0. The Balaban J connectivity index is 1.80. The van der Waals surface area contributed by atoms with Crippen LogP contribution in [-0.2, 0) is 0 Å². The lowest BCUT2D eigenvalue weighted by Crippen LogP contribution is -2.25. The maximum Gasteiger partial charge on any atom is 0.251 e. The number of rotatable bonds is 5. The van der Waals surface area contributed by atoms with Gasteiger partial charge in [-0.25, -0.2) is 0 Å². The minimum absolute atomic E-state index is 0.159. The zero-order valence-electron chi connectivity index (χ0n) is 10.8. The van der Waals surface area contributed by atoms with Crippen LogP contribution in [0.3, 0.4) is 0 Å². The second kappa shape index (κ2) is 7.22. The first kappa shape index (κ1) is 14.8. The number of nitrogen functional groups attached to an aromatic ring is 1. The zero-order chi connectivity index (χ0) is 14.4. The molecule has 0 saturated carbocycles. The molecule has 2 aromatic carbocycles. The molecule has 0 aliphatic rings. The predicted molar refractivity (Wildman–Crippen MR) is 85.4 cm³/mol. The van der Waals surface area contributed by atoms with E-state index >= 15 is 0 Å². The van der Waals surface area contributed by atoms with Crippen LogP contribution in [0.25, 0.3) is 0 Å². The lowest BCUT2D eigenvalue weighted by molar-refractivity contribution is 0.0956. The number of carbonyl (C=O) groups is 1. The summed E-state index contributed by atoms with van der Waals surface area (Å²) in [5, 5.41) is 3.32. The number of hydrogen-bond acceptors (Lipinski definition) is 3. The molecule has 1 amide bonds. The van der Waals surface area contributed by atoms with E-state index in [1.807, 2.05) is 30.3 Å². The van der Waals surface area contributed by atoms with Crippen molar-refractivity contribution in [1.82, 2.24) is 5.32 Å². The quantitative estimate of drug-likeness (QED) is 0.505. The van der Waals surface area contributed by atoms with Gasteiger partial charge in [-0.1, -0.05) is 29.8 Å². The van der Waals surface area contributed by atoms with E-state index in [9.17, 15) is 4.79 Å². The van der Waals surface area contributed by atoms with Crippen molar-refractivity contribution in [2.45, 2.75) is 4.90 Å². The molecule has 104 valence electrons. The summed E-state index contributed by atoms with van der Waals surface area (Å²) in [4.78, 5) is 13.1. The van der Waals surface area contributed by atoms with E-state index in [4.69, 9.17) is 17.3 Å². The summed E-state index contributed by atoms with van der Waals surface area (Å²) in [6.45, 7) is 0.588. The first-order chi connectivity index (χ1) is 9.65. The fraction of sp³-hybridized carbons (Fsp3) is 0.133. The van der Waals surface area contributed by atoms with Crippen molar-refractivity contribution in [3.05, 3.63) is 59.1 Å². The highest BCUT2D eigenvalue weighted by Gasteiger charge is 2.06. The van der Waals surface area contributed by atoms with E-state index in [1.54, 1.807) is 30.0 Å². The van der Waals surface area contributed by atoms with Gasteiger partial charge in [0.1, 0.15) is 0 Å². The van der Waals surface area contributed by atoms with Crippen LogP contribution in [0.4, 0.5) is 5.69 Å². The van der Waals surface area contributed by atoms with Gasteiger partial charge < -0.3 is 11.1 Å². The normalized spacial score (nSPS) is 10.2. The minimum Gasteiger partial charge on any atom is -0.399 e. The molecular formula is C15H15ClN2OS. The monoisotopic (exact) mass is 306 g/mol. The van der Waals surface area contributed by atoms with Gasteiger partial charge in [0, 0.05) is 33.5 Å². The highest BCUT2D eigenvalue weighted by molar-refractivity contribution is 7.99. The van der Waals surface area contributed by atoms with Crippen LogP contribution >= 0.6 is 23.4 Å². The molecule has 5 heteroatoms. The number of nitrogens with one attached hydrogen (secondary N) is 1. The van der Waals surface area contributed by atoms with E-state index in [0.29, 0.717) is 22.8 Å². The average molecular weight is 307 g/mol. The van der Waals surface area contributed by atoms with Crippen LogP contribution in [0.15, 0.2) is 53.4 Å². The van der Waals surface area contributed by atoms with Crippen LogP contribution in [0, 0.1) is 0 Å². The predicted octanol–water partition coefficient (Wildman–Crippen LogP) is 3.44. The molecule has 0 heterocycles. The van der Waals surface area contributed by atoms with Crippen molar-refractivity contribution >= 4 is 35.0 Å². The van der Waals surface area contributed by atoms with Crippen LogP contribution < -0.4 is 11.1 Å². The third kappa shape index (κ3) is 4.47. The van der Waals surface area contributed by atoms with Gasteiger partial charge in [0.25, 0.3) is 5.91 Å². The van der Waals surface area contributed by atoms with Gasteiger partial charge >= 0.3 is 0 Å². The first-order valence-corrected chi connectivity index (χ1v) is 7.53. The molecule has 0 saturated heterocycles. The van der Waals surface area contributed by atoms with Crippen molar-refractivity contribution in [1.29, 1.82) is 0 Å². The van der Waals surface area contributed by atoms with Crippen molar-refractivity contribution in [2.75, 3.05) is 18.0 Å². The highest BCUT2D eigenvalue weighted by atomic mass is 35.5. The number of amides is 1. The molecule has 0 unspecified atom stereocenters. The molecule has 3 nitrogen and oxygen atoms in total. The molecule has 0 spiro atoms. The van der Waals surface area contributed by atoms with Gasteiger partial charge in [0.2, 0.25) is 0 Å². The molecular weight excluding hydrogens is 292 g/mol. The number of halogens is 1. The molecule has 0 radical (unpaired) electrons. The van der Waals surface area contributed by atoms with Crippen LogP contribution in [0.1, 0.15) is 10.4 Å².